The normalized spacial score (nSPS) is 11.6. The first-order valence-corrected chi connectivity index (χ1v) is 11.0. The van der Waals surface area contributed by atoms with E-state index in [4.69, 9.17) is 43.2 Å². The molecule has 0 heterocycles. The van der Waals surface area contributed by atoms with Crippen molar-refractivity contribution in [1.82, 2.24) is 0 Å². The van der Waals surface area contributed by atoms with Crippen molar-refractivity contribution >= 4 is 34.9 Å². The van der Waals surface area contributed by atoms with Crippen molar-refractivity contribution in [3.63, 3.8) is 0 Å². The molecule has 0 radical (unpaired) electrons. The highest BCUT2D eigenvalue weighted by Crippen LogP contribution is 2.35. The van der Waals surface area contributed by atoms with Crippen LogP contribution in [-0.2, 0) is 11.2 Å². The Balaban J connectivity index is 1.95. The van der Waals surface area contributed by atoms with Crippen LogP contribution in [0.4, 0.5) is 0 Å². The summed E-state index contributed by atoms with van der Waals surface area (Å²) in [6.45, 7) is 3.40. The summed E-state index contributed by atoms with van der Waals surface area (Å²) in [5.74, 6) is -0.0447. The smallest absolute Gasteiger partial charge is 0.344 e. The quantitative estimate of drug-likeness (QED) is 0.291. The molecule has 8 heteroatoms. The molecule has 3 N–H and O–H groups in total. The summed E-state index contributed by atoms with van der Waals surface area (Å²) in [4.78, 5) is 11.1. The number of aromatic hydroxyl groups is 1. The molecule has 3 aromatic carbocycles. The first kappa shape index (κ1) is 24.4. The van der Waals surface area contributed by atoms with Crippen LogP contribution in [0.2, 0.25) is 10.0 Å². The number of carboxylic acid groups (broad SMARTS) is 1. The van der Waals surface area contributed by atoms with Gasteiger partial charge in [0.15, 0.2) is 6.10 Å². The summed E-state index contributed by atoms with van der Waals surface area (Å²) in [5.41, 5.74) is 1.70. The third-order valence-electron chi connectivity index (χ3n) is 4.89. The molecule has 3 aromatic rings. The van der Waals surface area contributed by atoms with Gasteiger partial charge in [0.25, 0.3) is 0 Å². The molecule has 172 valence electrons. The largest absolute Gasteiger partial charge is 0.507 e. The number of phenols is 1. The molecule has 0 spiro atoms. The van der Waals surface area contributed by atoms with E-state index < -0.39 is 12.1 Å². The van der Waals surface area contributed by atoms with Crippen molar-refractivity contribution in [3.8, 4) is 23.0 Å². The molecule has 0 aliphatic rings. The van der Waals surface area contributed by atoms with Crippen LogP contribution in [0.25, 0.3) is 0 Å². The molecular formula is C25H23Cl2NO5. The Bertz CT molecular complexity index is 1180. The predicted octanol–water partition coefficient (Wildman–Crippen LogP) is 6.71. The topological polar surface area (TPSA) is 99.8 Å². The zero-order chi connectivity index (χ0) is 24.1. The minimum absolute atomic E-state index is 0.0534. The molecule has 0 aliphatic carbocycles. The summed E-state index contributed by atoms with van der Waals surface area (Å²) in [6, 6.07) is 15.0. The van der Waals surface area contributed by atoms with Gasteiger partial charge in [-0.25, -0.2) is 4.79 Å². The fourth-order valence-electron chi connectivity index (χ4n) is 3.21. The molecule has 0 amide bonds. The molecule has 0 saturated carbocycles. The van der Waals surface area contributed by atoms with Gasteiger partial charge in [0.2, 0.25) is 0 Å². The Labute approximate surface area is 201 Å². The number of carboxylic acids is 1. The van der Waals surface area contributed by atoms with E-state index in [2.05, 4.69) is 0 Å². The van der Waals surface area contributed by atoms with Gasteiger partial charge in [0.05, 0.1) is 10.7 Å². The fraction of sp³-hybridized carbons (Fsp3) is 0.200. The second-order valence-corrected chi connectivity index (χ2v) is 8.24. The van der Waals surface area contributed by atoms with Crippen molar-refractivity contribution in [2.24, 2.45) is 0 Å². The third-order valence-corrected chi connectivity index (χ3v) is 5.43. The van der Waals surface area contributed by atoms with Crippen LogP contribution in [0, 0.1) is 5.41 Å². The van der Waals surface area contributed by atoms with E-state index in [9.17, 15) is 9.90 Å². The molecule has 0 aliphatic heterocycles. The van der Waals surface area contributed by atoms with E-state index in [1.165, 1.54) is 19.1 Å². The van der Waals surface area contributed by atoms with E-state index in [1.807, 2.05) is 13.0 Å². The van der Waals surface area contributed by atoms with Crippen molar-refractivity contribution in [2.75, 3.05) is 0 Å². The molecule has 0 unspecified atom stereocenters. The van der Waals surface area contributed by atoms with E-state index in [1.54, 1.807) is 36.4 Å². The summed E-state index contributed by atoms with van der Waals surface area (Å²) in [5, 5.41) is 29.0. The maximum absolute atomic E-state index is 11.1. The number of rotatable bonds is 9. The number of aliphatic carboxylic acids is 1. The number of aryl methyl sites for hydroxylation is 1. The zero-order valence-electron chi connectivity index (χ0n) is 18.1. The van der Waals surface area contributed by atoms with Crippen molar-refractivity contribution in [2.45, 2.75) is 32.8 Å². The lowest BCUT2D eigenvalue weighted by molar-refractivity contribution is -0.144. The van der Waals surface area contributed by atoms with Gasteiger partial charge in [-0.15, -0.1) is 0 Å². The minimum Gasteiger partial charge on any atom is -0.507 e. The van der Waals surface area contributed by atoms with Crippen molar-refractivity contribution in [3.05, 3.63) is 81.3 Å². The Morgan fingerprint density at radius 2 is 1.70 bits per heavy atom. The standard InChI is InChI=1S/C25H23Cl2NO5/c1-3-4-15-11-18(33-17-7-5-16(26)6-8-17)9-10-19(15)24(28)20-12-23(21(27)13-22(20)29)32-14(2)25(30)31/h5-14,28-29H,3-4H2,1-2H3,(H,30,31)/t14-/m1/s1. The Hall–Kier alpha value is -3.22. The number of hydrogen-bond donors (Lipinski definition) is 3. The Morgan fingerprint density at radius 3 is 2.33 bits per heavy atom. The van der Waals surface area contributed by atoms with E-state index in [0.717, 1.165) is 12.0 Å². The monoisotopic (exact) mass is 487 g/mol. The van der Waals surface area contributed by atoms with Gasteiger partial charge >= 0.3 is 5.97 Å². The number of benzene rings is 3. The number of hydrogen-bond acceptors (Lipinski definition) is 5. The second-order valence-electron chi connectivity index (χ2n) is 7.40. The fourth-order valence-corrected chi connectivity index (χ4v) is 3.54. The number of phenolic OH excluding ortho intramolecular Hbond substituents is 1. The number of halogens is 2. The van der Waals surface area contributed by atoms with Crippen molar-refractivity contribution < 1.29 is 24.5 Å². The average molecular weight is 488 g/mol. The van der Waals surface area contributed by atoms with Crippen LogP contribution in [0.3, 0.4) is 0 Å². The number of carbonyl (C=O) groups is 1. The van der Waals surface area contributed by atoms with Crippen LogP contribution in [0.1, 0.15) is 37.0 Å². The lowest BCUT2D eigenvalue weighted by atomic mass is 9.94. The zero-order valence-corrected chi connectivity index (χ0v) is 19.6. The van der Waals surface area contributed by atoms with E-state index in [-0.39, 0.29) is 27.8 Å². The van der Waals surface area contributed by atoms with Gasteiger partial charge in [0, 0.05) is 22.2 Å². The molecule has 33 heavy (non-hydrogen) atoms. The molecule has 0 saturated heterocycles. The van der Waals surface area contributed by atoms with Gasteiger partial charge in [0.1, 0.15) is 23.0 Å². The Kier molecular flexibility index (Phi) is 7.84. The highest BCUT2D eigenvalue weighted by molar-refractivity contribution is 6.32. The lowest BCUT2D eigenvalue weighted by Gasteiger charge is -2.17. The van der Waals surface area contributed by atoms with Gasteiger partial charge in [-0.05, 0) is 67.4 Å². The molecule has 1 atom stereocenters. The van der Waals surface area contributed by atoms with E-state index >= 15 is 0 Å². The molecular weight excluding hydrogens is 465 g/mol. The SMILES string of the molecule is CCCc1cc(Oc2ccc(Cl)cc2)ccc1C(=N)c1cc(O[C@H](C)C(=O)O)c(Cl)cc1O. The van der Waals surface area contributed by atoms with Crippen LogP contribution in [0.5, 0.6) is 23.0 Å². The maximum atomic E-state index is 11.1. The minimum atomic E-state index is -1.16. The summed E-state index contributed by atoms with van der Waals surface area (Å²) in [6.07, 6.45) is 0.374. The molecule has 3 rings (SSSR count). The van der Waals surface area contributed by atoms with Crippen LogP contribution < -0.4 is 9.47 Å². The van der Waals surface area contributed by atoms with Crippen LogP contribution in [0.15, 0.2) is 54.6 Å². The predicted molar refractivity (Wildman–Crippen MR) is 129 cm³/mol. The highest BCUT2D eigenvalue weighted by atomic mass is 35.5. The van der Waals surface area contributed by atoms with Gasteiger partial charge in [-0.1, -0.05) is 36.5 Å². The molecule has 0 bridgehead atoms. The van der Waals surface area contributed by atoms with Crippen molar-refractivity contribution in [1.29, 1.82) is 5.41 Å². The van der Waals surface area contributed by atoms with Gasteiger partial charge in [-0.2, -0.15) is 0 Å². The summed E-state index contributed by atoms with van der Waals surface area (Å²) < 4.78 is 11.3. The average Bonchev–Trinajstić information content (AvgIpc) is 2.77. The Morgan fingerprint density at radius 1 is 1.03 bits per heavy atom. The van der Waals surface area contributed by atoms with Gasteiger partial charge < -0.3 is 19.7 Å². The van der Waals surface area contributed by atoms with Gasteiger partial charge in [-0.3, -0.25) is 5.41 Å². The second kappa shape index (κ2) is 10.6. The van der Waals surface area contributed by atoms with Crippen LogP contribution >= 0.6 is 23.2 Å². The molecule has 0 aromatic heterocycles. The maximum Gasteiger partial charge on any atom is 0.344 e. The van der Waals surface area contributed by atoms with E-state index in [0.29, 0.717) is 28.5 Å². The highest BCUT2D eigenvalue weighted by Gasteiger charge is 2.20. The summed E-state index contributed by atoms with van der Waals surface area (Å²) >= 11 is 12.0. The number of ether oxygens (including phenoxy) is 2. The third kappa shape index (κ3) is 5.97. The lowest BCUT2D eigenvalue weighted by Crippen LogP contribution is -2.23. The molecule has 6 nitrogen and oxygen atoms in total. The molecule has 0 fully saturated rings. The first-order chi connectivity index (χ1) is 15.7. The first-order valence-electron chi connectivity index (χ1n) is 10.3. The number of nitrogens with one attached hydrogen (secondary N) is 1. The van der Waals surface area contributed by atoms with Crippen LogP contribution in [-0.4, -0.2) is 28.0 Å². The summed E-state index contributed by atoms with van der Waals surface area (Å²) in [7, 11) is 0.